The maximum absolute atomic E-state index is 10.9. The average Bonchev–Trinajstić information content (AvgIpc) is 2.38. The van der Waals surface area contributed by atoms with Crippen molar-refractivity contribution in [1.29, 1.82) is 0 Å². The summed E-state index contributed by atoms with van der Waals surface area (Å²) in [5, 5.41) is 9.00. The number of rotatable bonds is 4. The normalized spacial score (nSPS) is 18.8. The van der Waals surface area contributed by atoms with Gasteiger partial charge in [0.05, 0.1) is 19.6 Å². The van der Waals surface area contributed by atoms with Gasteiger partial charge in [0.1, 0.15) is 0 Å². The summed E-state index contributed by atoms with van der Waals surface area (Å²) in [5.74, 6) is -0.787. The number of aromatic nitrogens is 1. The Hall–Kier alpha value is -1.46. The number of ether oxygens (including phenoxy) is 1. The zero-order valence-electron chi connectivity index (χ0n) is 9.58. The molecule has 2 heterocycles. The summed E-state index contributed by atoms with van der Waals surface area (Å²) in [5.41, 5.74) is 0.955. The molecule has 1 aliphatic rings. The summed E-state index contributed by atoms with van der Waals surface area (Å²) >= 11 is 0. The first-order valence-electron chi connectivity index (χ1n) is 5.71. The van der Waals surface area contributed by atoms with Crippen LogP contribution in [-0.4, -0.2) is 47.3 Å². The number of carboxylic acids is 1. The predicted octanol–water partition coefficient (Wildman–Crippen LogP) is 0.930. The highest BCUT2D eigenvalue weighted by Crippen LogP contribution is 2.24. The van der Waals surface area contributed by atoms with Crippen molar-refractivity contribution in [2.75, 3.05) is 26.3 Å². The molecule has 1 aliphatic heterocycles. The molecule has 1 atom stereocenters. The molecule has 0 saturated carbocycles. The van der Waals surface area contributed by atoms with Gasteiger partial charge in [0.2, 0.25) is 0 Å². The Labute approximate surface area is 100 Å². The third-order valence-corrected chi connectivity index (χ3v) is 2.92. The maximum Gasteiger partial charge on any atom is 0.305 e. The summed E-state index contributed by atoms with van der Waals surface area (Å²) < 4.78 is 5.29. The lowest BCUT2D eigenvalue weighted by Crippen LogP contribution is -2.39. The van der Waals surface area contributed by atoms with E-state index in [0.29, 0.717) is 13.2 Å². The second-order valence-corrected chi connectivity index (χ2v) is 4.05. The highest BCUT2D eigenvalue weighted by Gasteiger charge is 2.24. The summed E-state index contributed by atoms with van der Waals surface area (Å²) in [6.45, 7) is 2.87. The third-order valence-electron chi connectivity index (χ3n) is 2.92. The van der Waals surface area contributed by atoms with Crippen molar-refractivity contribution in [3.63, 3.8) is 0 Å². The monoisotopic (exact) mass is 236 g/mol. The number of hydrogen-bond acceptors (Lipinski definition) is 4. The van der Waals surface area contributed by atoms with Crippen molar-refractivity contribution >= 4 is 5.97 Å². The first-order chi connectivity index (χ1) is 8.27. The second-order valence-electron chi connectivity index (χ2n) is 4.05. The molecule has 0 aliphatic carbocycles. The van der Waals surface area contributed by atoms with Crippen LogP contribution < -0.4 is 0 Å². The van der Waals surface area contributed by atoms with E-state index in [-0.39, 0.29) is 12.5 Å². The van der Waals surface area contributed by atoms with E-state index in [1.807, 2.05) is 12.1 Å². The molecule has 5 heteroatoms. The van der Waals surface area contributed by atoms with Gasteiger partial charge < -0.3 is 9.84 Å². The maximum atomic E-state index is 10.9. The molecule has 1 unspecified atom stereocenters. The third kappa shape index (κ3) is 3.25. The quantitative estimate of drug-likeness (QED) is 0.842. The Bertz CT molecular complexity index is 363. The Morgan fingerprint density at radius 1 is 1.53 bits per heavy atom. The molecule has 0 amide bonds. The van der Waals surface area contributed by atoms with Crippen LogP contribution in [-0.2, 0) is 9.53 Å². The molecule has 1 aromatic rings. The molecule has 1 N–H and O–H groups in total. The molecular formula is C12H16N2O3. The van der Waals surface area contributed by atoms with Gasteiger partial charge in [-0.15, -0.1) is 0 Å². The van der Waals surface area contributed by atoms with E-state index in [1.54, 1.807) is 12.4 Å². The number of hydrogen-bond donors (Lipinski definition) is 1. The largest absolute Gasteiger partial charge is 0.481 e. The number of morpholine rings is 1. The highest BCUT2D eigenvalue weighted by atomic mass is 16.5. The van der Waals surface area contributed by atoms with E-state index in [4.69, 9.17) is 9.84 Å². The Kier molecular flexibility index (Phi) is 4.06. The van der Waals surface area contributed by atoms with Crippen LogP contribution >= 0.6 is 0 Å². The van der Waals surface area contributed by atoms with E-state index in [2.05, 4.69) is 9.88 Å². The minimum Gasteiger partial charge on any atom is -0.481 e. The van der Waals surface area contributed by atoms with Crippen LogP contribution in [0.25, 0.3) is 0 Å². The van der Waals surface area contributed by atoms with Gasteiger partial charge in [-0.1, -0.05) is 6.07 Å². The van der Waals surface area contributed by atoms with Crippen LogP contribution in [0.5, 0.6) is 0 Å². The molecule has 92 valence electrons. The lowest BCUT2D eigenvalue weighted by molar-refractivity contribution is -0.139. The lowest BCUT2D eigenvalue weighted by Gasteiger charge is -2.33. The SMILES string of the molecule is O=C(O)CC(c1cccnc1)N1CCOCC1. The molecule has 0 spiro atoms. The smallest absolute Gasteiger partial charge is 0.305 e. The summed E-state index contributed by atoms with van der Waals surface area (Å²) in [7, 11) is 0. The van der Waals surface area contributed by atoms with Crippen LogP contribution in [0.4, 0.5) is 0 Å². The fourth-order valence-corrected chi connectivity index (χ4v) is 2.09. The summed E-state index contributed by atoms with van der Waals surface area (Å²) in [4.78, 5) is 17.2. The van der Waals surface area contributed by atoms with Crippen molar-refractivity contribution < 1.29 is 14.6 Å². The van der Waals surface area contributed by atoms with E-state index < -0.39 is 5.97 Å². The van der Waals surface area contributed by atoms with Gasteiger partial charge in [-0.3, -0.25) is 14.7 Å². The van der Waals surface area contributed by atoms with Crippen molar-refractivity contribution in [2.24, 2.45) is 0 Å². The van der Waals surface area contributed by atoms with Gasteiger partial charge in [0.25, 0.3) is 0 Å². The highest BCUT2D eigenvalue weighted by molar-refractivity contribution is 5.67. The second kappa shape index (κ2) is 5.75. The zero-order valence-corrected chi connectivity index (χ0v) is 9.58. The van der Waals surface area contributed by atoms with Gasteiger partial charge in [-0.25, -0.2) is 0 Å². The number of nitrogens with zero attached hydrogens (tertiary/aromatic N) is 2. The van der Waals surface area contributed by atoms with Crippen LogP contribution in [0, 0.1) is 0 Å². The molecule has 1 saturated heterocycles. The predicted molar refractivity (Wildman–Crippen MR) is 61.6 cm³/mol. The van der Waals surface area contributed by atoms with Crippen molar-refractivity contribution in [3.05, 3.63) is 30.1 Å². The van der Waals surface area contributed by atoms with E-state index in [0.717, 1.165) is 18.7 Å². The molecule has 17 heavy (non-hydrogen) atoms. The van der Waals surface area contributed by atoms with Crippen molar-refractivity contribution in [3.8, 4) is 0 Å². The first-order valence-corrected chi connectivity index (χ1v) is 5.71. The summed E-state index contributed by atoms with van der Waals surface area (Å²) in [6, 6.07) is 3.66. The number of aliphatic carboxylic acids is 1. The lowest BCUT2D eigenvalue weighted by atomic mass is 10.0. The molecular weight excluding hydrogens is 220 g/mol. The first kappa shape index (κ1) is 12.0. The van der Waals surface area contributed by atoms with E-state index >= 15 is 0 Å². The molecule has 0 radical (unpaired) electrons. The topological polar surface area (TPSA) is 62.7 Å². The van der Waals surface area contributed by atoms with Crippen LogP contribution in [0.15, 0.2) is 24.5 Å². The van der Waals surface area contributed by atoms with E-state index in [9.17, 15) is 4.79 Å². The Morgan fingerprint density at radius 2 is 2.29 bits per heavy atom. The van der Waals surface area contributed by atoms with E-state index in [1.165, 1.54) is 0 Å². The van der Waals surface area contributed by atoms with Crippen LogP contribution in [0.1, 0.15) is 18.0 Å². The van der Waals surface area contributed by atoms with Crippen molar-refractivity contribution in [1.82, 2.24) is 9.88 Å². The van der Waals surface area contributed by atoms with Crippen LogP contribution in [0.2, 0.25) is 0 Å². The van der Waals surface area contributed by atoms with Crippen molar-refractivity contribution in [2.45, 2.75) is 12.5 Å². The molecule has 0 bridgehead atoms. The standard InChI is InChI=1S/C12H16N2O3/c15-12(16)8-11(10-2-1-3-13-9-10)14-4-6-17-7-5-14/h1-3,9,11H,4-8H2,(H,15,16). The summed E-state index contributed by atoms with van der Waals surface area (Å²) in [6.07, 6.45) is 3.54. The average molecular weight is 236 g/mol. The minimum atomic E-state index is -0.787. The zero-order chi connectivity index (χ0) is 12.1. The minimum absolute atomic E-state index is 0.103. The molecule has 0 aromatic carbocycles. The van der Waals surface area contributed by atoms with Gasteiger partial charge in [0.15, 0.2) is 0 Å². The molecule has 5 nitrogen and oxygen atoms in total. The number of carbonyl (C=O) groups is 1. The Balaban J connectivity index is 2.15. The fourth-order valence-electron chi connectivity index (χ4n) is 2.09. The van der Waals surface area contributed by atoms with Gasteiger partial charge in [0, 0.05) is 31.5 Å². The number of carboxylic acid groups (broad SMARTS) is 1. The molecule has 1 aromatic heterocycles. The molecule has 1 fully saturated rings. The van der Waals surface area contributed by atoms with Gasteiger partial charge in [-0.05, 0) is 11.6 Å². The molecule has 2 rings (SSSR count). The van der Waals surface area contributed by atoms with Gasteiger partial charge >= 0.3 is 5.97 Å². The van der Waals surface area contributed by atoms with Crippen LogP contribution in [0.3, 0.4) is 0 Å². The Morgan fingerprint density at radius 3 is 2.88 bits per heavy atom. The number of pyridine rings is 1. The fraction of sp³-hybridized carbons (Fsp3) is 0.500. The van der Waals surface area contributed by atoms with Gasteiger partial charge in [-0.2, -0.15) is 0 Å².